The third kappa shape index (κ3) is 4.79. The number of benzene rings is 3. The Hall–Kier alpha value is -3.09. The lowest BCUT2D eigenvalue weighted by Crippen LogP contribution is -2.34. The summed E-state index contributed by atoms with van der Waals surface area (Å²) in [4.78, 5) is 24.0. The molecular formula is C20H13Cl2FN2O3. The van der Waals surface area contributed by atoms with Gasteiger partial charge in [0.2, 0.25) is 0 Å². The molecule has 0 unspecified atom stereocenters. The summed E-state index contributed by atoms with van der Waals surface area (Å²) in [5.74, 6) is -0.846. The Labute approximate surface area is 170 Å². The van der Waals surface area contributed by atoms with Crippen molar-refractivity contribution in [2.24, 2.45) is 0 Å². The molecule has 0 heterocycles. The van der Waals surface area contributed by atoms with Crippen LogP contribution in [0, 0.1) is 5.82 Å². The molecule has 8 heteroatoms. The fourth-order valence-corrected chi connectivity index (χ4v) is 2.88. The van der Waals surface area contributed by atoms with Crippen molar-refractivity contribution in [1.29, 1.82) is 0 Å². The van der Waals surface area contributed by atoms with Gasteiger partial charge in [0.15, 0.2) is 5.75 Å². The van der Waals surface area contributed by atoms with Crippen LogP contribution in [0.4, 0.5) is 14.9 Å². The maximum Gasteiger partial charge on any atom is 0.326 e. The quantitative estimate of drug-likeness (QED) is 0.555. The molecule has 0 fully saturated rings. The summed E-state index contributed by atoms with van der Waals surface area (Å²) in [6.07, 6.45) is 0. The van der Waals surface area contributed by atoms with E-state index in [2.05, 4.69) is 5.32 Å². The lowest BCUT2D eigenvalue weighted by molar-refractivity contribution is 0.0963. The van der Waals surface area contributed by atoms with Gasteiger partial charge < -0.3 is 10.1 Å². The zero-order valence-corrected chi connectivity index (χ0v) is 15.7. The van der Waals surface area contributed by atoms with Gasteiger partial charge in [0.05, 0.1) is 15.6 Å². The van der Waals surface area contributed by atoms with Crippen LogP contribution in [0.15, 0.2) is 66.7 Å². The number of hydrogen-bond donors (Lipinski definition) is 2. The molecule has 3 aromatic carbocycles. The minimum atomic E-state index is -0.878. The molecule has 28 heavy (non-hydrogen) atoms. The van der Waals surface area contributed by atoms with Crippen LogP contribution in [0.5, 0.6) is 11.5 Å². The number of ether oxygens (including phenoxy) is 1. The summed E-state index contributed by atoms with van der Waals surface area (Å²) in [6.45, 7) is 0. The van der Waals surface area contributed by atoms with E-state index in [0.29, 0.717) is 5.75 Å². The van der Waals surface area contributed by atoms with E-state index in [9.17, 15) is 14.0 Å². The van der Waals surface area contributed by atoms with E-state index in [-0.39, 0.29) is 27.0 Å². The topological polar surface area (TPSA) is 67.4 Å². The number of carbonyl (C=O) groups excluding carboxylic acids is 2. The van der Waals surface area contributed by atoms with Crippen molar-refractivity contribution < 1.29 is 18.7 Å². The summed E-state index contributed by atoms with van der Waals surface area (Å²) in [7, 11) is 0. The molecule has 2 N–H and O–H groups in total. The number of amides is 3. The molecule has 0 aromatic heterocycles. The Kier molecular flexibility index (Phi) is 6.13. The third-order valence-corrected chi connectivity index (χ3v) is 4.13. The molecule has 3 aromatic rings. The molecule has 0 saturated carbocycles. The largest absolute Gasteiger partial charge is 0.454 e. The summed E-state index contributed by atoms with van der Waals surface area (Å²) >= 11 is 12.4. The molecule has 0 aliphatic carbocycles. The Morgan fingerprint density at radius 1 is 0.893 bits per heavy atom. The van der Waals surface area contributed by atoms with Crippen molar-refractivity contribution in [3.8, 4) is 11.5 Å². The summed E-state index contributed by atoms with van der Waals surface area (Å²) < 4.78 is 19.3. The van der Waals surface area contributed by atoms with Gasteiger partial charge in [0.1, 0.15) is 11.6 Å². The first-order valence-corrected chi connectivity index (χ1v) is 8.78. The second-order valence-electron chi connectivity index (χ2n) is 5.57. The first-order valence-electron chi connectivity index (χ1n) is 8.03. The van der Waals surface area contributed by atoms with Crippen molar-refractivity contribution in [3.63, 3.8) is 0 Å². The Bertz CT molecular complexity index is 1010. The van der Waals surface area contributed by atoms with Gasteiger partial charge in [-0.25, -0.2) is 9.18 Å². The summed E-state index contributed by atoms with van der Waals surface area (Å²) in [5, 5.41) is 4.77. The number of anilines is 1. The lowest BCUT2D eigenvalue weighted by Gasteiger charge is -2.12. The number of rotatable bonds is 4. The number of halogens is 3. The molecular weight excluding hydrogens is 406 g/mol. The van der Waals surface area contributed by atoms with E-state index < -0.39 is 17.8 Å². The molecule has 3 rings (SSSR count). The molecule has 0 atom stereocenters. The summed E-state index contributed by atoms with van der Waals surface area (Å²) in [6, 6.07) is 16.2. The predicted octanol–water partition coefficient (Wildman–Crippen LogP) is 5.89. The molecule has 0 radical (unpaired) electrons. The normalized spacial score (nSPS) is 10.2. The zero-order chi connectivity index (χ0) is 20.1. The number of imide groups is 1. The van der Waals surface area contributed by atoms with Gasteiger partial charge >= 0.3 is 6.03 Å². The van der Waals surface area contributed by atoms with Crippen molar-refractivity contribution >= 4 is 40.8 Å². The van der Waals surface area contributed by atoms with Gasteiger partial charge in [-0.05, 0) is 36.4 Å². The summed E-state index contributed by atoms with van der Waals surface area (Å²) in [5.41, 5.74) is -0.0189. The molecule has 0 spiro atoms. The van der Waals surface area contributed by atoms with Crippen LogP contribution < -0.4 is 15.4 Å². The van der Waals surface area contributed by atoms with Crippen molar-refractivity contribution in [3.05, 3.63) is 88.2 Å². The lowest BCUT2D eigenvalue weighted by atomic mass is 10.2. The highest BCUT2D eigenvalue weighted by Gasteiger charge is 2.16. The number of carbonyl (C=O) groups is 2. The highest BCUT2D eigenvalue weighted by atomic mass is 35.5. The average Bonchev–Trinajstić information content (AvgIpc) is 2.65. The molecule has 0 saturated heterocycles. The number of hydrogen-bond acceptors (Lipinski definition) is 3. The van der Waals surface area contributed by atoms with Gasteiger partial charge in [-0.1, -0.05) is 53.5 Å². The second-order valence-corrected chi connectivity index (χ2v) is 6.39. The van der Waals surface area contributed by atoms with Gasteiger partial charge in [-0.15, -0.1) is 0 Å². The molecule has 0 bridgehead atoms. The highest BCUT2D eigenvalue weighted by molar-refractivity contribution is 6.37. The molecule has 0 aliphatic heterocycles. The van der Waals surface area contributed by atoms with E-state index in [1.807, 2.05) is 11.4 Å². The molecule has 142 valence electrons. The van der Waals surface area contributed by atoms with Gasteiger partial charge in [0.25, 0.3) is 5.91 Å². The van der Waals surface area contributed by atoms with Crippen molar-refractivity contribution in [2.45, 2.75) is 0 Å². The van der Waals surface area contributed by atoms with Crippen LogP contribution in [0.25, 0.3) is 0 Å². The fourth-order valence-electron chi connectivity index (χ4n) is 2.31. The fraction of sp³-hybridized carbons (Fsp3) is 0. The number of nitrogens with one attached hydrogen (secondary N) is 2. The van der Waals surface area contributed by atoms with E-state index in [4.69, 9.17) is 27.9 Å². The van der Waals surface area contributed by atoms with Crippen molar-refractivity contribution in [1.82, 2.24) is 5.32 Å². The second kappa shape index (κ2) is 8.73. The van der Waals surface area contributed by atoms with E-state index in [1.165, 1.54) is 30.3 Å². The Morgan fingerprint density at radius 2 is 1.50 bits per heavy atom. The molecule has 0 aliphatic rings. The SMILES string of the molecule is O=C(NC(=O)c1ccccc1F)Nc1cc(Cl)c(Oc2ccccc2)c(Cl)c1. The van der Waals surface area contributed by atoms with Gasteiger partial charge in [-0.3, -0.25) is 10.1 Å². The van der Waals surface area contributed by atoms with Crippen LogP contribution in [-0.2, 0) is 0 Å². The monoisotopic (exact) mass is 418 g/mol. The Morgan fingerprint density at radius 3 is 2.14 bits per heavy atom. The minimum absolute atomic E-state index is 0.159. The van der Waals surface area contributed by atoms with Crippen molar-refractivity contribution in [2.75, 3.05) is 5.32 Å². The van der Waals surface area contributed by atoms with Gasteiger partial charge in [0, 0.05) is 5.69 Å². The average molecular weight is 419 g/mol. The molecule has 3 amide bonds. The predicted molar refractivity (Wildman–Crippen MR) is 106 cm³/mol. The standard InChI is InChI=1S/C20H13Cl2FN2O3/c21-15-10-12(11-16(22)18(15)28-13-6-2-1-3-7-13)24-20(27)25-19(26)14-8-4-5-9-17(14)23/h1-11H,(H2,24,25,26,27). The van der Waals surface area contributed by atoms with Crippen LogP contribution in [0.1, 0.15) is 10.4 Å². The number of urea groups is 1. The van der Waals surface area contributed by atoms with E-state index >= 15 is 0 Å². The zero-order valence-electron chi connectivity index (χ0n) is 14.2. The third-order valence-electron chi connectivity index (χ3n) is 3.56. The molecule has 5 nitrogen and oxygen atoms in total. The minimum Gasteiger partial charge on any atom is -0.454 e. The Balaban J connectivity index is 1.70. The number of para-hydroxylation sites is 1. The van der Waals surface area contributed by atoms with E-state index in [1.54, 1.807) is 24.3 Å². The maximum atomic E-state index is 13.6. The van der Waals surface area contributed by atoms with E-state index in [0.717, 1.165) is 6.07 Å². The van der Waals surface area contributed by atoms with Crippen LogP contribution in [-0.4, -0.2) is 11.9 Å². The van der Waals surface area contributed by atoms with Crippen LogP contribution in [0.2, 0.25) is 10.0 Å². The first-order chi connectivity index (χ1) is 13.4. The first kappa shape index (κ1) is 19.7. The highest BCUT2D eigenvalue weighted by Crippen LogP contribution is 2.38. The van der Waals surface area contributed by atoms with Crippen LogP contribution >= 0.6 is 23.2 Å². The maximum absolute atomic E-state index is 13.6. The smallest absolute Gasteiger partial charge is 0.326 e. The van der Waals surface area contributed by atoms with Gasteiger partial charge in [-0.2, -0.15) is 0 Å². The van der Waals surface area contributed by atoms with Crippen LogP contribution in [0.3, 0.4) is 0 Å².